The van der Waals surface area contributed by atoms with E-state index in [2.05, 4.69) is 40.8 Å². The molecule has 0 aromatic heterocycles. The lowest BCUT2D eigenvalue weighted by molar-refractivity contribution is -0.298. The topological polar surface area (TPSA) is 97.4 Å². The molecule has 0 amide bonds. The van der Waals surface area contributed by atoms with Crippen molar-refractivity contribution in [3.8, 4) is 0 Å². The molecule has 1 aliphatic heterocycles. The number of rotatable bonds is 13. The molecule has 220 valence electrons. The number of esters is 1. The number of hydrogen-bond donors (Lipinski definition) is 0. The Morgan fingerprint density at radius 1 is 1.08 bits per heavy atom. The summed E-state index contributed by atoms with van der Waals surface area (Å²) in [6.45, 7) is 23.7. The van der Waals surface area contributed by atoms with Crippen LogP contribution >= 0.6 is 0 Å². The Labute approximate surface area is 227 Å². The second-order valence-corrected chi connectivity index (χ2v) is 20.1. The maximum atomic E-state index is 12.1. The van der Waals surface area contributed by atoms with Crippen LogP contribution in [0.15, 0.2) is 0 Å². The van der Waals surface area contributed by atoms with Crippen LogP contribution in [0.1, 0.15) is 88.0 Å². The van der Waals surface area contributed by atoms with Crippen molar-refractivity contribution in [3.63, 3.8) is 0 Å². The van der Waals surface area contributed by atoms with Gasteiger partial charge in [0.15, 0.2) is 14.1 Å². The van der Waals surface area contributed by atoms with Gasteiger partial charge < -0.3 is 18.6 Å². The molecule has 1 unspecified atom stereocenters. The van der Waals surface area contributed by atoms with E-state index >= 15 is 0 Å². The Bertz CT molecular complexity index is 826. The molecule has 10 heteroatoms. The van der Waals surface area contributed by atoms with E-state index in [-0.39, 0.29) is 28.9 Å². The molecule has 0 bridgehead atoms. The number of carbonyl (C=O) groups is 1. The van der Waals surface area contributed by atoms with Crippen molar-refractivity contribution >= 4 is 24.4 Å². The SMILES string of the molecule is C[C@@H](CCOC(=O)C(C)(C)C)CCC(C[C@H]1OC(C)(C)OC[C@@H]1CO[Si](C)(C)C(C)(C)C)OS(C)(=O)=O. The van der Waals surface area contributed by atoms with Gasteiger partial charge in [-0.15, -0.1) is 0 Å². The van der Waals surface area contributed by atoms with Crippen LogP contribution in [0.4, 0.5) is 0 Å². The Morgan fingerprint density at radius 2 is 1.68 bits per heavy atom. The van der Waals surface area contributed by atoms with Crippen molar-refractivity contribution < 1.29 is 36.0 Å². The summed E-state index contributed by atoms with van der Waals surface area (Å²) < 4.78 is 53.8. The first-order valence-electron chi connectivity index (χ1n) is 13.5. The van der Waals surface area contributed by atoms with Crippen molar-refractivity contribution in [2.24, 2.45) is 17.3 Å². The first kappa shape index (κ1) is 34.5. The first-order valence-corrected chi connectivity index (χ1v) is 18.3. The van der Waals surface area contributed by atoms with E-state index in [4.69, 9.17) is 22.8 Å². The highest BCUT2D eigenvalue weighted by molar-refractivity contribution is 7.86. The molecule has 0 saturated carbocycles. The van der Waals surface area contributed by atoms with Gasteiger partial charge in [-0.05, 0) is 77.9 Å². The van der Waals surface area contributed by atoms with Gasteiger partial charge in [0.05, 0.1) is 37.1 Å². The molecule has 0 radical (unpaired) electrons. The summed E-state index contributed by atoms with van der Waals surface area (Å²) >= 11 is 0. The van der Waals surface area contributed by atoms with Crippen LogP contribution in [0.2, 0.25) is 18.1 Å². The zero-order valence-electron chi connectivity index (χ0n) is 25.4. The molecule has 1 rings (SSSR count). The third-order valence-electron chi connectivity index (χ3n) is 7.31. The van der Waals surface area contributed by atoms with Crippen LogP contribution in [0.3, 0.4) is 0 Å². The molecule has 1 heterocycles. The van der Waals surface area contributed by atoms with Gasteiger partial charge in [0.25, 0.3) is 10.1 Å². The molecule has 1 saturated heterocycles. The number of carbonyl (C=O) groups excluding carboxylic acids is 1. The lowest BCUT2D eigenvalue weighted by Gasteiger charge is -2.44. The van der Waals surface area contributed by atoms with E-state index in [1.165, 1.54) is 0 Å². The summed E-state index contributed by atoms with van der Waals surface area (Å²) in [4.78, 5) is 12.0. The Kier molecular flexibility index (Phi) is 12.3. The highest BCUT2D eigenvalue weighted by Gasteiger charge is 2.42. The van der Waals surface area contributed by atoms with Crippen LogP contribution in [-0.4, -0.2) is 66.8 Å². The molecule has 8 nitrogen and oxygen atoms in total. The number of ether oxygens (including phenoxy) is 3. The molecular weight excluding hydrogens is 512 g/mol. The molecule has 4 atom stereocenters. The van der Waals surface area contributed by atoms with Gasteiger partial charge in [-0.25, -0.2) is 0 Å². The zero-order valence-corrected chi connectivity index (χ0v) is 27.2. The van der Waals surface area contributed by atoms with Crippen molar-refractivity contribution in [3.05, 3.63) is 0 Å². The lowest BCUT2D eigenvalue weighted by Crippen LogP contribution is -2.50. The van der Waals surface area contributed by atoms with E-state index < -0.39 is 35.7 Å². The molecule has 1 fully saturated rings. The van der Waals surface area contributed by atoms with Crippen molar-refractivity contribution in [1.29, 1.82) is 0 Å². The molecule has 0 spiro atoms. The summed E-state index contributed by atoms with van der Waals surface area (Å²) in [5.41, 5.74) is -0.528. The van der Waals surface area contributed by atoms with Crippen LogP contribution in [0.25, 0.3) is 0 Å². The molecular formula is C27H54O8SSi. The minimum atomic E-state index is -3.65. The Morgan fingerprint density at radius 3 is 2.19 bits per heavy atom. The van der Waals surface area contributed by atoms with Gasteiger partial charge in [0, 0.05) is 18.9 Å². The smallest absolute Gasteiger partial charge is 0.311 e. The quantitative estimate of drug-likeness (QED) is 0.154. The van der Waals surface area contributed by atoms with E-state index in [1.54, 1.807) is 0 Å². The maximum Gasteiger partial charge on any atom is 0.311 e. The summed E-state index contributed by atoms with van der Waals surface area (Å²) in [6, 6.07) is 0. The maximum absolute atomic E-state index is 12.1. The van der Waals surface area contributed by atoms with E-state index in [1.807, 2.05) is 34.6 Å². The molecule has 0 aromatic rings. The van der Waals surface area contributed by atoms with Crippen LogP contribution in [0, 0.1) is 17.3 Å². The fraction of sp³-hybridized carbons (Fsp3) is 0.963. The Balaban J connectivity index is 2.85. The van der Waals surface area contributed by atoms with Gasteiger partial charge in [-0.2, -0.15) is 8.42 Å². The first-order chi connectivity index (χ1) is 16.5. The van der Waals surface area contributed by atoms with Gasteiger partial charge >= 0.3 is 5.97 Å². The summed E-state index contributed by atoms with van der Waals surface area (Å²) in [5, 5.41) is 0.0808. The Hall–Kier alpha value is -0.523. The zero-order chi connectivity index (χ0) is 28.9. The van der Waals surface area contributed by atoms with Crippen molar-refractivity contribution in [2.75, 3.05) is 26.1 Å². The summed E-state index contributed by atoms with van der Waals surface area (Å²) in [5.74, 6) is -0.772. The average molecular weight is 567 g/mol. The minimum absolute atomic E-state index is 0.0259. The third kappa shape index (κ3) is 12.9. The minimum Gasteiger partial charge on any atom is -0.465 e. The second-order valence-electron chi connectivity index (χ2n) is 13.7. The largest absolute Gasteiger partial charge is 0.465 e. The van der Waals surface area contributed by atoms with Crippen molar-refractivity contribution in [2.45, 2.75) is 124 Å². The predicted octanol–water partition coefficient (Wildman–Crippen LogP) is 5.91. The molecule has 0 aromatic carbocycles. The predicted molar refractivity (Wildman–Crippen MR) is 149 cm³/mol. The van der Waals surface area contributed by atoms with E-state index in [0.717, 1.165) is 12.7 Å². The fourth-order valence-corrected chi connectivity index (χ4v) is 5.47. The average Bonchev–Trinajstić information content (AvgIpc) is 2.68. The second kappa shape index (κ2) is 13.2. The summed E-state index contributed by atoms with van der Waals surface area (Å²) in [7, 11) is -5.62. The molecule has 37 heavy (non-hydrogen) atoms. The normalized spacial score (nSPS) is 22.9. The van der Waals surface area contributed by atoms with Crippen LogP contribution in [-0.2, 0) is 37.7 Å². The van der Waals surface area contributed by atoms with E-state index in [9.17, 15) is 13.2 Å². The highest BCUT2D eigenvalue weighted by atomic mass is 32.2. The van der Waals surface area contributed by atoms with Gasteiger partial charge in [0.2, 0.25) is 0 Å². The molecule has 0 aliphatic carbocycles. The number of hydrogen-bond acceptors (Lipinski definition) is 8. The van der Waals surface area contributed by atoms with Crippen LogP contribution in [0.5, 0.6) is 0 Å². The fourth-order valence-electron chi connectivity index (χ4n) is 3.73. The third-order valence-corrected chi connectivity index (χ3v) is 12.4. The monoisotopic (exact) mass is 566 g/mol. The lowest BCUT2D eigenvalue weighted by atomic mass is 9.92. The highest BCUT2D eigenvalue weighted by Crippen LogP contribution is 2.38. The van der Waals surface area contributed by atoms with Gasteiger partial charge in [-0.1, -0.05) is 27.7 Å². The summed E-state index contributed by atoms with van der Waals surface area (Å²) in [6.07, 6.45) is 2.73. The van der Waals surface area contributed by atoms with Crippen LogP contribution < -0.4 is 0 Å². The molecule has 1 aliphatic rings. The van der Waals surface area contributed by atoms with E-state index in [0.29, 0.717) is 39.1 Å². The van der Waals surface area contributed by atoms with Gasteiger partial charge in [-0.3, -0.25) is 8.98 Å². The molecule has 0 N–H and O–H groups in total. The van der Waals surface area contributed by atoms with Gasteiger partial charge in [0.1, 0.15) is 0 Å². The van der Waals surface area contributed by atoms with Crippen molar-refractivity contribution in [1.82, 2.24) is 0 Å². The standard InChI is InChI=1S/C27H54O8SSi/c1-20(15-16-31-24(28)25(2,3)4)13-14-22(35-36(10,29)30)17-23-21(18-32-27(8,9)34-23)19-33-37(11,12)26(5,6)7/h20-23H,13-19H2,1-12H3/t20-,21-,22?,23-/m1/s1.